The molecule has 4 aromatic rings. The Hall–Kier alpha value is -3.74. The van der Waals surface area contributed by atoms with E-state index in [-0.39, 0.29) is 5.82 Å². The highest BCUT2D eigenvalue weighted by atomic mass is 19.1. The van der Waals surface area contributed by atoms with Crippen molar-refractivity contribution in [3.63, 3.8) is 0 Å². The lowest BCUT2D eigenvalue weighted by atomic mass is 10.3. The minimum Gasteiger partial charge on any atom is -0.351 e. The van der Waals surface area contributed by atoms with E-state index in [4.69, 9.17) is 0 Å². The number of nitrogens with zero attached hydrogens (tertiary/aromatic N) is 4. The fourth-order valence-electron chi connectivity index (χ4n) is 2.71. The third-order valence-electron chi connectivity index (χ3n) is 3.92. The van der Waals surface area contributed by atoms with Crippen molar-refractivity contribution in [2.75, 3.05) is 17.2 Å². The van der Waals surface area contributed by atoms with Gasteiger partial charge in [0.05, 0.1) is 17.3 Å². The Labute approximate surface area is 155 Å². The van der Waals surface area contributed by atoms with E-state index in [1.807, 2.05) is 30.3 Å². The van der Waals surface area contributed by atoms with Crippen LogP contribution in [0.3, 0.4) is 0 Å². The standard InChI is InChI=1S/C20H17FN6/c1-2-11-22-20-25-18(24-15-8-6-7-14(21)12-15)17-13-23-27(19(17)26-20)16-9-4-3-5-10-16/h2-10,12-13H,1,11H2,(H2,22,24,25,26). The van der Waals surface area contributed by atoms with Crippen LogP contribution >= 0.6 is 0 Å². The molecule has 6 nitrogen and oxygen atoms in total. The SMILES string of the molecule is C=CCNc1nc(Nc2cccc(F)c2)c2cnn(-c3ccccc3)c2n1. The number of rotatable bonds is 6. The highest BCUT2D eigenvalue weighted by Crippen LogP contribution is 2.27. The zero-order valence-electron chi connectivity index (χ0n) is 14.4. The third kappa shape index (κ3) is 3.48. The number of hydrogen-bond donors (Lipinski definition) is 2. The van der Waals surface area contributed by atoms with Gasteiger partial charge in [0.2, 0.25) is 5.95 Å². The van der Waals surface area contributed by atoms with Crippen molar-refractivity contribution in [3.05, 3.63) is 79.3 Å². The maximum absolute atomic E-state index is 13.5. The molecule has 0 aliphatic carbocycles. The highest BCUT2D eigenvalue weighted by Gasteiger charge is 2.14. The molecule has 2 N–H and O–H groups in total. The number of halogens is 1. The third-order valence-corrected chi connectivity index (χ3v) is 3.92. The smallest absolute Gasteiger partial charge is 0.226 e. The summed E-state index contributed by atoms with van der Waals surface area (Å²) in [5.74, 6) is 0.647. The van der Waals surface area contributed by atoms with E-state index in [9.17, 15) is 4.39 Å². The molecule has 0 radical (unpaired) electrons. The van der Waals surface area contributed by atoms with E-state index in [1.165, 1.54) is 12.1 Å². The molecule has 2 aromatic heterocycles. The van der Waals surface area contributed by atoms with Crippen LogP contribution < -0.4 is 10.6 Å². The topological polar surface area (TPSA) is 67.7 Å². The summed E-state index contributed by atoms with van der Waals surface area (Å²) >= 11 is 0. The fraction of sp³-hybridized carbons (Fsp3) is 0.0500. The van der Waals surface area contributed by atoms with Crippen molar-refractivity contribution in [2.24, 2.45) is 0 Å². The molecule has 4 rings (SSSR count). The van der Waals surface area contributed by atoms with Crippen molar-refractivity contribution in [2.45, 2.75) is 0 Å². The molecule has 0 spiro atoms. The Morgan fingerprint density at radius 3 is 2.70 bits per heavy atom. The van der Waals surface area contributed by atoms with Gasteiger partial charge >= 0.3 is 0 Å². The first-order valence-corrected chi connectivity index (χ1v) is 8.43. The van der Waals surface area contributed by atoms with Crippen molar-refractivity contribution in [3.8, 4) is 5.69 Å². The van der Waals surface area contributed by atoms with Gasteiger partial charge in [-0.05, 0) is 30.3 Å². The lowest BCUT2D eigenvalue weighted by Crippen LogP contribution is -2.07. The highest BCUT2D eigenvalue weighted by molar-refractivity contribution is 5.90. The average Bonchev–Trinajstić information content (AvgIpc) is 3.11. The number of nitrogens with one attached hydrogen (secondary N) is 2. The van der Waals surface area contributed by atoms with Crippen LogP contribution in [0.4, 0.5) is 21.8 Å². The molecule has 0 saturated heterocycles. The molecule has 134 valence electrons. The fourth-order valence-corrected chi connectivity index (χ4v) is 2.71. The van der Waals surface area contributed by atoms with E-state index in [0.29, 0.717) is 29.6 Å². The summed E-state index contributed by atoms with van der Waals surface area (Å²) in [4.78, 5) is 9.10. The normalized spacial score (nSPS) is 10.7. The first-order chi connectivity index (χ1) is 13.2. The van der Waals surface area contributed by atoms with Crippen LogP contribution in [0, 0.1) is 5.82 Å². The summed E-state index contributed by atoms with van der Waals surface area (Å²) in [7, 11) is 0. The van der Waals surface area contributed by atoms with Gasteiger partial charge in [-0.25, -0.2) is 9.07 Å². The number of aromatic nitrogens is 4. The van der Waals surface area contributed by atoms with Crippen LogP contribution in [-0.4, -0.2) is 26.3 Å². The van der Waals surface area contributed by atoms with Crippen LogP contribution in [0.2, 0.25) is 0 Å². The van der Waals surface area contributed by atoms with Gasteiger partial charge < -0.3 is 10.6 Å². The summed E-state index contributed by atoms with van der Waals surface area (Å²) in [5, 5.41) is 11.4. The lowest BCUT2D eigenvalue weighted by molar-refractivity contribution is 0.628. The monoisotopic (exact) mass is 360 g/mol. The zero-order chi connectivity index (χ0) is 18.6. The molecule has 0 aliphatic rings. The Kier molecular flexibility index (Phi) is 4.49. The molecule has 0 bridgehead atoms. The van der Waals surface area contributed by atoms with Gasteiger partial charge in [0.1, 0.15) is 11.6 Å². The van der Waals surface area contributed by atoms with Crippen molar-refractivity contribution < 1.29 is 4.39 Å². The second-order valence-corrected chi connectivity index (χ2v) is 5.83. The number of para-hydroxylation sites is 1. The molecule has 0 fully saturated rings. The summed E-state index contributed by atoms with van der Waals surface area (Å²) in [6, 6.07) is 15.9. The maximum Gasteiger partial charge on any atom is 0.226 e. The summed E-state index contributed by atoms with van der Waals surface area (Å²) in [5.41, 5.74) is 2.12. The summed E-state index contributed by atoms with van der Waals surface area (Å²) in [6.07, 6.45) is 3.42. The van der Waals surface area contributed by atoms with Gasteiger partial charge in [-0.2, -0.15) is 15.1 Å². The second kappa shape index (κ2) is 7.25. The minimum absolute atomic E-state index is 0.324. The molecule has 27 heavy (non-hydrogen) atoms. The Morgan fingerprint density at radius 2 is 1.93 bits per heavy atom. The average molecular weight is 360 g/mol. The van der Waals surface area contributed by atoms with Crippen molar-refractivity contribution >= 4 is 28.5 Å². The predicted octanol–water partition coefficient (Wildman–Crippen LogP) is 4.30. The van der Waals surface area contributed by atoms with Crippen LogP contribution in [0.5, 0.6) is 0 Å². The van der Waals surface area contributed by atoms with Gasteiger partial charge in [0.25, 0.3) is 0 Å². The van der Waals surface area contributed by atoms with Crippen LogP contribution in [0.25, 0.3) is 16.7 Å². The van der Waals surface area contributed by atoms with Gasteiger partial charge in [0.15, 0.2) is 5.65 Å². The van der Waals surface area contributed by atoms with Gasteiger partial charge in [0, 0.05) is 12.2 Å². The van der Waals surface area contributed by atoms with E-state index >= 15 is 0 Å². The van der Waals surface area contributed by atoms with Gasteiger partial charge in [-0.3, -0.25) is 0 Å². The predicted molar refractivity (Wildman–Crippen MR) is 105 cm³/mol. The molecule has 0 amide bonds. The van der Waals surface area contributed by atoms with Crippen LogP contribution in [0.1, 0.15) is 0 Å². The molecule has 2 aromatic carbocycles. The summed E-state index contributed by atoms with van der Waals surface area (Å²) in [6.45, 7) is 4.22. The number of hydrogen-bond acceptors (Lipinski definition) is 5. The van der Waals surface area contributed by atoms with E-state index < -0.39 is 0 Å². The number of anilines is 3. The van der Waals surface area contributed by atoms with Crippen molar-refractivity contribution in [1.29, 1.82) is 0 Å². The molecular formula is C20H17FN6. The largest absolute Gasteiger partial charge is 0.351 e. The molecule has 0 atom stereocenters. The lowest BCUT2D eigenvalue weighted by Gasteiger charge is -2.10. The van der Waals surface area contributed by atoms with E-state index in [0.717, 1.165) is 11.1 Å². The second-order valence-electron chi connectivity index (χ2n) is 5.83. The van der Waals surface area contributed by atoms with E-state index in [1.54, 1.807) is 29.1 Å². The summed E-state index contributed by atoms with van der Waals surface area (Å²) < 4.78 is 15.3. The van der Waals surface area contributed by atoms with Gasteiger partial charge in [-0.1, -0.05) is 30.3 Å². The Morgan fingerprint density at radius 1 is 1.07 bits per heavy atom. The first kappa shape index (κ1) is 16.7. The molecular weight excluding hydrogens is 343 g/mol. The Balaban J connectivity index is 1.84. The first-order valence-electron chi connectivity index (χ1n) is 8.43. The quantitative estimate of drug-likeness (QED) is 0.502. The maximum atomic E-state index is 13.5. The zero-order valence-corrected chi connectivity index (χ0v) is 14.4. The number of benzene rings is 2. The molecule has 2 heterocycles. The van der Waals surface area contributed by atoms with Gasteiger partial charge in [-0.15, -0.1) is 6.58 Å². The molecule has 0 aliphatic heterocycles. The number of fused-ring (bicyclic) bond motifs is 1. The van der Waals surface area contributed by atoms with Crippen LogP contribution in [0.15, 0.2) is 73.4 Å². The van der Waals surface area contributed by atoms with Crippen LogP contribution in [-0.2, 0) is 0 Å². The van der Waals surface area contributed by atoms with E-state index in [2.05, 4.69) is 32.3 Å². The molecule has 0 unspecified atom stereocenters. The molecule has 0 saturated carbocycles. The molecule has 7 heteroatoms. The van der Waals surface area contributed by atoms with Crippen molar-refractivity contribution in [1.82, 2.24) is 19.7 Å². The minimum atomic E-state index is -0.324. The Bertz CT molecular complexity index is 1090.